The maximum Gasteiger partial charge on any atom is 0.0333 e. The Morgan fingerprint density at radius 2 is 1.32 bits per heavy atom. The highest BCUT2D eigenvalue weighted by molar-refractivity contribution is 7.71. The molecule has 1 unspecified atom stereocenters. The van der Waals surface area contributed by atoms with E-state index >= 15 is 0 Å². The lowest BCUT2D eigenvalue weighted by atomic mass is 10.1. The second-order valence-electron chi connectivity index (χ2n) is 6.58. The van der Waals surface area contributed by atoms with E-state index < -0.39 is 8.07 Å². The van der Waals surface area contributed by atoms with Crippen LogP contribution in [0, 0.1) is 20.8 Å². The van der Waals surface area contributed by atoms with E-state index in [1.807, 2.05) is 0 Å². The first kappa shape index (κ1) is 17.9. The van der Waals surface area contributed by atoms with Crippen LogP contribution in [0.4, 0.5) is 0 Å². The summed E-state index contributed by atoms with van der Waals surface area (Å²) in [7, 11) is -0.613. The van der Waals surface area contributed by atoms with Gasteiger partial charge in [-0.15, -0.1) is 0 Å². The van der Waals surface area contributed by atoms with Gasteiger partial charge in [0.25, 0.3) is 0 Å². The molecule has 0 spiro atoms. The minimum absolute atomic E-state index is 0.300. The van der Waals surface area contributed by atoms with Crippen LogP contribution in [0.1, 0.15) is 35.2 Å². The lowest BCUT2D eigenvalue weighted by Crippen LogP contribution is -2.27. The van der Waals surface area contributed by atoms with Crippen LogP contribution in [0.5, 0.6) is 0 Å². The Balaban J connectivity index is 2.01. The molecule has 2 atom stereocenters. The molecule has 0 aromatic heterocycles. The average molecular weight is 347 g/mol. The maximum atomic E-state index is 3.92. The normalized spacial score (nSPS) is 13.4. The van der Waals surface area contributed by atoms with Gasteiger partial charge >= 0.3 is 0 Å². The van der Waals surface area contributed by atoms with Gasteiger partial charge < -0.3 is 0 Å². The summed E-state index contributed by atoms with van der Waals surface area (Å²) in [5.74, 6) is 0. The number of aryl methyl sites for hydroxylation is 1. The van der Waals surface area contributed by atoms with Gasteiger partial charge in [0.05, 0.1) is 0 Å². The molecule has 25 heavy (non-hydrogen) atoms. The smallest absolute Gasteiger partial charge is 0.0333 e. The molecule has 0 aliphatic carbocycles. The summed E-state index contributed by atoms with van der Waals surface area (Å²) >= 11 is 0. The Labute approximate surface area is 152 Å². The van der Waals surface area contributed by atoms with E-state index in [1.54, 1.807) is 0 Å². The van der Waals surface area contributed by atoms with Crippen LogP contribution in [-0.4, -0.2) is 0 Å². The number of nitrogens with one attached hydrogen (secondary N) is 1. The fraction of sp³-hybridized carbons (Fsp3) is 0.217. The predicted molar refractivity (Wildman–Crippen MR) is 111 cm³/mol. The Morgan fingerprint density at radius 1 is 0.720 bits per heavy atom. The van der Waals surface area contributed by atoms with Crippen LogP contribution in [0.3, 0.4) is 0 Å². The van der Waals surface area contributed by atoms with Gasteiger partial charge in [0.1, 0.15) is 0 Å². The fourth-order valence-corrected chi connectivity index (χ4v) is 5.35. The molecule has 3 aromatic carbocycles. The van der Waals surface area contributed by atoms with Gasteiger partial charge in [-0.25, -0.2) is 0 Å². The Bertz CT molecular complexity index is 827. The minimum Gasteiger partial charge on any atom is -0.282 e. The van der Waals surface area contributed by atoms with Crippen molar-refractivity contribution >= 4 is 18.7 Å². The van der Waals surface area contributed by atoms with Crippen LogP contribution in [0.25, 0.3) is 0 Å². The molecule has 1 nitrogen and oxygen atoms in total. The van der Waals surface area contributed by atoms with Gasteiger partial charge in [0.15, 0.2) is 0 Å². The quantitative estimate of drug-likeness (QED) is 0.617. The zero-order valence-corrected chi connectivity index (χ0v) is 16.3. The van der Waals surface area contributed by atoms with Crippen molar-refractivity contribution in [3.63, 3.8) is 0 Å². The van der Waals surface area contributed by atoms with E-state index in [0.29, 0.717) is 6.04 Å². The third-order valence-electron chi connectivity index (χ3n) is 4.91. The topological polar surface area (TPSA) is 12.0 Å². The third-order valence-corrected chi connectivity index (χ3v) is 7.33. The first-order valence-corrected chi connectivity index (χ1v) is 10.1. The third kappa shape index (κ3) is 4.00. The molecule has 0 amide bonds. The number of rotatable bonds is 5. The largest absolute Gasteiger partial charge is 0.282 e. The molecule has 3 aromatic rings. The highest BCUT2D eigenvalue weighted by atomic mass is 31.1. The van der Waals surface area contributed by atoms with Gasteiger partial charge in [-0.2, -0.15) is 0 Å². The lowest BCUT2D eigenvalue weighted by Gasteiger charge is -2.27. The summed E-state index contributed by atoms with van der Waals surface area (Å²) in [6, 6.07) is 26.4. The molecule has 0 fully saturated rings. The SMILES string of the molecule is Cc1ccc(P(N[C@@H](C)c2ccccc2)c2ccccc2)c(C)c1C. The molecule has 0 saturated carbocycles. The monoisotopic (exact) mass is 347 g/mol. The average Bonchev–Trinajstić information content (AvgIpc) is 2.66. The Kier molecular flexibility index (Phi) is 5.68. The van der Waals surface area contributed by atoms with Crippen LogP contribution < -0.4 is 15.7 Å². The van der Waals surface area contributed by atoms with E-state index in [2.05, 4.69) is 106 Å². The molecule has 2 heteroatoms. The molecule has 0 radical (unpaired) electrons. The zero-order valence-electron chi connectivity index (χ0n) is 15.5. The van der Waals surface area contributed by atoms with Crippen molar-refractivity contribution in [3.8, 4) is 0 Å². The van der Waals surface area contributed by atoms with Crippen LogP contribution >= 0.6 is 8.07 Å². The molecule has 3 rings (SSSR count). The second kappa shape index (κ2) is 7.95. The van der Waals surface area contributed by atoms with E-state index in [1.165, 1.54) is 32.9 Å². The molecule has 0 aliphatic rings. The summed E-state index contributed by atoms with van der Waals surface area (Å²) in [6.07, 6.45) is 0. The molecule has 1 N–H and O–H groups in total. The van der Waals surface area contributed by atoms with Gasteiger partial charge in [-0.05, 0) is 60.6 Å². The van der Waals surface area contributed by atoms with Crippen LogP contribution in [0.15, 0.2) is 72.8 Å². The first-order chi connectivity index (χ1) is 12.1. The van der Waals surface area contributed by atoms with Gasteiger partial charge in [0, 0.05) is 14.1 Å². The van der Waals surface area contributed by atoms with Crippen LogP contribution in [-0.2, 0) is 0 Å². The highest BCUT2D eigenvalue weighted by Gasteiger charge is 2.20. The number of benzene rings is 3. The van der Waals surface area contributed by atoms with Gasteiger partial charge in [-0.1, -0.05) is 72.8 Å². The summed E-state index contributed by atoms with van der Waals surface area (Å²) in [5.41, 5.74) is 5.49. The summed E-state index contributed by atoms with van der Waals surface area (Å²) in [6.45, 7) is 8.93. The van der Waals surface area contributed by atoms with Gasteiger partial charge in [0.2, 0.25) is 0 Å². The van der Waals surface area contributed by atoms with E-state index in [0.717, 1.165) is 0 Å². The minimum atomic E-state index is -0.613. The molecule has 0 saturated heterocycles. The zero-order chi connectivity index (χ0) is 17.8. The van der Waals surface area contributed by atoms with Crippen LogP contribution in [0.2, 0.25) is 0 Å². The van der Waals surface area contributed by atoms with Gasteiger partial charge in [-0.3, -0.25) is 5.09 Å². The van der Waals surface area contributed by atoms with Crippen molar-refractivity contribution in [2.45, 2.75) is 33.7 Å². The van der Waals surface area contributed by atoms with E-state index in [4.69, 9.17) is 0 Å². The number of hydrogen-bond donors (Lipinski definition) is 1. The first-order valence-electron chi connectivity index (χ1n) is 8.81. The van der Waals surface area contributed by atoms with Crippen molar-refractivity contribution in [1.82, 2.24) is 5.09 Å². The fourth-order valence-electron chi connectivity index (χ4n) is 3.05. The second-order valence-corrected chi connectivity index (χ2v) is 8.51. The maximum absolute atomic E-state index is 3.92. The Hall–Kier alpha value is -1.95. The highest BCUT2D eigenvalue weighted by Crippen LogP contribution is 2.35. The van der Waals surface area contributed by atoms with Crippen molar-refractivity contribution < 1.29 is 0 Å². The molecule has 0 aliphatic heterocycles. The van der Waals surface area contributed by atoms with E-state index in [9.17, 15) is 0 Å². The standard InChI is InChI=1S/C23H26NP/c1-17-15-16-23(19(3)18(17)2)25(22-13-9-6-10-14-22)24-20(4)21-11-7-5-8-12-21/h5-16,20,24H,1-4H3/t20-,25?/m0/s1. The Morgan fingerprint density at radius 3 is 1.96 bits per heavy atom. The number of hydrogen-bond acceptors (Lipinski definition) is 1. The summed E-state index contributed by atoms with van der Waals surface area (Å²) in [4.78, 5) is 0. The van der Waals surface area contributed by atoms with E-state index in [-0.39, 0.29) is 0 Å². The molecule has 0 heterocycles. The van der Waals surface area contributed by atoms with Crippen molar-refractivity contribution in [3.05, 3.63) is 95.1 Å². The van der Waals surface area contributed by atoms with Crippen molar-refractivity contribution in [1.29, 1.82) is 0 Å². The van der Waals surface area contributed by atoms with Crippen molar-refractivity contribution in [2.75, 3.05) is 0 Å². The predicted octanol–water partition coefficient (Wildman–Crippen LogP) is 5.31. The molecule has 0 bridgehead atoms. The molecular weight excluding hydrogens is 321 g/mol. The molecule has 128 valence electrons. The lowest BCUT2D eigenvalue weighted by molar-refractivity contribution is 0.748. The summed E-state index contributed by atoms with van der Waals surface area (Å²) in [5, 5.41) is 6.71. The van der Waals surface area contributed by atoms with Crippen molar-refractivity contribution in [2.24, 2.45) is 0 Å². The summed E-state index contributed by atoms with van der Waals surface area (Å²) < 4.78 is 0. The molecular formula is C23H26NP.